The Bertz CT molecular complexity index is 521. The quantitative estimate of drug-likeness (QED) is 0.839. The first-order valence-electron chi connectivity index (χ1n) is 7.70. The summed E-state index contributed by atoms with van der Waals surface area (Å²) in [7, 11) is 6.61. The number of nitrogens with two attached hydrogens (primary N) is 1. The summed E-state index contributed by atoms with van der Waals surface area (Å²) < 4.78 is 0. The summed E-state index contributed by atoms with van der Waals surface area (Å²) in [6.45, 7) is 2.46. The molecule has 1 aliphatic carbocycles. The van der Waals surface area contributed by atoms with Gasteiger partial charge in [0.2, 0.25) is 0 Å². The van der Waals surface area contributed by atoms with Gasteiger partial charge in [0.15, 0.2) is 0 Å². The van der Waals surface area contributed by atoms with Crippen molar-refractivity contribution in [3.8, 4) is 11.8 Å². The zero-order valence-electron chi connectivity index (χ0n) is 13.5. The van der Waals surface area contributed by atoms with Crippen LogP contribution in [0.5, 0.6) is 0 Å². The third-order valence-corrected chi connectivity index (χ3v) is 4.58. The molecule has 2 N–H and O–H groups in total. The van der Waals surface area contributed by atoms with Gasteiger partial charge in [0, 0.05) is 24.2 Å². The van der Waals surface area contributed by atoms with Gasteiger partial charge in [0.25, 0.3) is 0 Å². The van der Waals surface area contributed by atoms with Crippen molar-refractivity contribution < 1.29 is 0 Å². The van der Waals surface area contributed by atoms with Crippen LogP contribution in [-0.2, 0) is 6.54 Å². The molecule has 0 radical (unpaired) electrons. The molecule has 21 heavy (non-hydrogen) atoms. The van der Waals surface area contributed by atoms with Gasteiger partial charge in [-0.15, -0.1) is 0 Å². The zero-order valence-corrected chi connectivity index (χ0v) is 13.5. The van der Waals surface area contributed by atoms with Crippen LogP contribution in [-0.4, -0.2) is 49.6 Å². The Labute approximate surface area is 129 Å². The van der Waals surface area contributed by atoms with Crippen molar-refractivity contribution in [3.05, 3.63) is 35.4 Å². The van der Waals surface area contributed by atoms with Crippen LogP contribution >= 0.6 is 0 Å². The lowest BCUT2D eigenvalue weighted by Crippen LogP contribution is -2.56. The van der Waals surface area contributed by atoms with Gasteiger partial charge in [0.1, 0.15) is 0 Å². The molecule has 0 heterocycles. The molecule has 0 bridgehead atoms. The highest BCUT2D eigenvalue weighted by atomic mass is 15.2. The summed E-state index contributed by atoms with van der Waals surface area (Å²) in [6, 6.07) is 8.37. The van der Waals surface area contributed by atoms with Gasteiger partial charge in [-0.3, -0.25) is 0 Å². The second kappa shape index (κ2) is 7.09. The highest BCUT2D eigenvalue weighted by Gasteiger charge is 2.39. The summed E-state index contributed by atoms with van der Waals surface area (Å²) in [4.78, 5) is 4.81. The SMILES string of the molecule is CN(Cc1ccccc1C#CCN)CC1(N(C)C)CCC1. The minimum atomic E-state index is 0.368. The molecule has 1 aliphatic rings. The van der Waals surface area contributed by atoms with Crippen LogP contribution in [0.15, 0.2) is 24.3 Å². The highest BCUT2D eigenvalue weighted by Crippen LogP contribution is 2.36. The van der Waals surface area contributed by atoms with E-state index >= 15 is 0 Å². The fourth-order valence-electron chi connectivity index (χ4n) is 3.11. The average molecular weight is 285 g/mol. The number of hydrogen-bond acceptors (Lipinski definition) is 3. The minimum Gasteiger partial charge on any atom is -0.320 e. The van der Waals surface area contributed by atoms with Crippen molar-refractivity contribution in [2.45, 2.75) is 31.3 Å². The maximum Gasteiger partial charge on any atom is 0.0555 e. The van der Waals surface area contributed by atoms with Crippen LogP contribution in [0.3, 0.4) is 0 Å². The Morgan fingerprint density at radius 2 is 1.90 bits per heavy atom. The third-order valence-electron chi connectivity index (χ3n) is 4.58. The zero-order chi connectivity index (χ0) is 15.3. The fourth-order valence-corrected chi connectivity index (χ4v) is 3.11. The van der Waals surface area contributed by atoms with Gasteiger partial charge in [-0.25, -0.2) is 0 Å². The first-order chi connectivity index (χ1) is 10.1. The first-order valence-corrected chi connectivity index (χ1v) is 7.70. The third kappa shape index (κ3) is 3.85. The Hall–Kier alpha value is -1.34. The van der Waals surface area contributed by atoms with Crippen LogP contribution < -0.4 is 5.73 Å². The predicted molar refractivity (Wildman–Crippen MR) is 89.0 cm³/mol. The number of nitrogens with zero attached hydrogens (tertiary/aromatic N) is 2. The van der Waals surface area contributed by atoms with Crippen molar-refractivity contribution in [2.75, 3.05) is 34.2 Å². The lowest BCUT2D eigenvalue weighted by molar-refractivity contribution is 0.0259. The molecular formula is C18H27N3. The lowest BCUT2D eigenvalue weighted by atomic mass is 9.75. The number of benzene rings is 1. The summed E-state index contributed by atoms with van der Waals surface area (Å²) in [5.41, 5.74) is 8.23. The van der Waals surface area contributed by atoms with Gasteiger partial charge >= 0.3 is 0 Å². The molecule has 0 aromatic heterocycles. The molecule has 1 aromatic carbocycles. The molecule has 1 aromatic rings. The van der Waals surface area contributed by atoms with Crippen molar-refractivity contribution in [2.24, 2.45) is 5.73 Å². The molecule has 2 rings (SSSR count). The fraction of sp³-hybridized carbons (Fsp3) is 0.556. The monoisotopic (exact) mass is 285 g/mol. The van der Waals surface area contributed by atoms with Gasteiger partial charge in [-0.2, -0.15) is 0 Å². The Kier molecular flexibility index (Phi) is 5.41. The molecule has 0 saturated heterocycles. The molecule has 3 heteroatoms. The molecule has 1 fully saturated rings. The summed E-state index contributed by atoms with van der Waals surface area (Å²) in [5.74, 6) is 6.14. The van der Waals surface area contributed by atoms with Crippen LogP contribution in [0.25, 0.3) is 0 Å². The van der Waals surface area contributed by atoms with Crippen molar-refractivity contribution in [3.63, 3.8) is 0 Å². The summed E-state index contributed by atoms with van der Waals surface area (Å²) >= 11 is 0. The molecule has 0 aliphatic heterocycles. The topological polar surface area (TPSA) is 32.5 Å². The second-order valence-corrected chi connectivity index (χ2v) is 6.31. The molecule has 0 spiro atoms. The largest absolute Gasteiger partial charge is 0.320 e. The minimum absolute atomic E-state index is 0.368. The summed E-state index contributed by atoms with van der Waals surface area (Å²) in [6.07, 6.45) is 3.96. The predicted octanol–water partition coefficient (Wildman–Crippen LogP) is 1.91. The van der Waals surface area contributed by atoms with Gasteiger partial charge < -0.3 is 15.5 Å². The molecule has 1 saturated carbocycles. The summed E-state index contributed by atoms with van der Waals surface area (Å²) in [5, 5.41) is 0. The van der Waals surface area contributed by atoms with Crippen LogP contribution in [0.2, 0.25) is 0 Å². The standard InChI is InChI=1S/C18H27N3/c1-20(2)18(11-7-12-18)15-21(3)14-17-9-5-4-8-16(17)10-6-13-19/h4-5,8-9H,7,11-15,19H2,1-3H3. The van der Waals surface area contributed by atoms with Gasteiger partial charge in [-0.1, -0.05) is 30.0 Å². The average Bonchev–Trinajstić information content (AvgIpc) is 2.41. The molecule has 3 nitrogen and oxygen atoms in total. The number of rotatable bonds is 5. The van der Waals surface area contributed by atoms with E-state index in [1.54, 1.807) is 0 Å². The maximum absolute atomic E-state index is 5.48. The van der Waals surface area contributed by atoms with Gasteiger partial charge in [0.05, 0.1) is 6.54 Å². The molecule has 0 atom stereocenters. The molecule has 114 valence electrons. The Balaban J connectivity index is 2.04. The Morgan fingerprint density at radius 3 is 2.48 bits per heavy atom. The van der Waals surface area contributed by atoms with E-state index in [1.807, 2.05) is 6.07 Å². The highest BCUT2D eigenvalue weighted by molar-refractivity contribution is 5.41. The second-order valence-electron chi connectivity index (χ2n) is 6.31. The van der Waals surface area contributed by atoms with E-state index in [4.69, 9.17) is 5.73 Å². The molecule has 0 unspecified atom stereocenters. The maximum atomic E-state index is 5.48. The van der Waals surface area contributed by atoms with E-state index < -0.39 is 0 Å². The number of hydrogen-bond donors (Lipinski definition) is 1. The first kappa shape index (κ1) is 16.0. The molecule has 0 amide bonds. The van der Waals surface area contributed by atoms with Crippen LogP contribution in [0, 0.1) is 11.8 Å². The Morgan fingerprint density at radius 1 is 1.19 bits per heavy atom. The molecular weight excluding hydrogens is 258 g/mol. The number of likely N-dealkylation sites (N-methyl/N-ethyl adjacent to an activating group) is 2. The van der Waals surface area contributed by atoms with E-state index in [1.165, 1.54) is 24.8 Å². The van der Waals surface area contributed by atoms with Crippen LogP contribution in [0.1, 0.15) is 30.4 Å². The normalized spacial score (nSPS) is 16.5. The smallest absolute Gasteiger partial charge is 0.0555 e. The van der Waals surface area contributed by atoms with Gasteiger partial charge in [-0.05, 0) is 52.0 Å². The van der Waals surface area contributed by atoms with Crippen molar-refractivity contribution in [1.29, 1.82) is 0 Å². The van der Waals surface area contributed by atoms with Crippen molar-refractivity contribution in [1.82, 2.24) is 9.80 Å². The van der Waals surface area contributed by atoms with E-state index in [-0.39, 0.29) is 0 Å². The van der Waals surface area contributed by atoms with Crippen molar-refractivity contribution >= 4 is 0 Å². The van der Waals surface area contributed by atoms with E-state index in [0.29, 0.717) is 12.1 Å². The van der Waals surface area contributed by atoms with E-state index in [9.17, 15) is 0 Å². The van der Waals surface area contributed by atoms with E-state index in [2.05, 4.69) is 61.0 Å². The van der Waals surface area contributed by atoms with E-state index in [0.717, 1.165) is 18.7 Å². The lowest BCUT2D eigenvalue weighted by Gasteiger charge is -2.49. The van der Waals surface area contributed by atoms with Crippen LogP contribution in [0.4, 0.5) is 0 Å².